The molecule has 21 heteroatoms. The molecule has 0 bridgehead atoms. The molecule has 0 aliphatic carbocycles. The predicted octanol–water partition coefficient (Wildman–Crippen LogP) is 7.72. The third-order valence-corrected chi connectivity index (χ3v) is 13.4. The van der Waals surface area contributed by atoms with Crippen LogP contribution in [0.1, 0.15) is 33.6 Å². The van der Waals surface area contributed by atoms with Crippen LogP contribution in [0.2, 0.25) is 10.0 Å². The summed E-state index contributed by atoms with van der Waals surface area (Å²) in [4.78, 5) is 24.1. The second kappa shape index (κ2) is 23.6. The molecule has 0 unspecified atom stereocenters. The fourth-order valence-electron chi connectivity index (χ4n) is 5.65. The highest BCUT2D eigenvalue weighted by molar-refractivity contribution is 7.91. The van der Waals surface area contributed by atoms with Crippen LogP contribution in [-0.4, -0.2) is 80.1 Å². The van der Waals surface area contributed by atoms with Crippen LogP contribution in [0.5, 0.6) is 11.5 Å². The summed E-state index contributed by atoms with van der Waals surface area (Å²) in [6, 6.07) is 16.5. The molecular formula is C38H43Cl3F2N2O10S4. The number of halogens is 5. The van der Waals surface area contributed by atoms with E-state index in [0.29, 0.717) is 32.8 Å². The molecule has 2 heterocycles. The summed E-state index contributed by atoms with van der Waals surface area (Å²) < 4.78 is 96.6. The average molecular weight is 960 g/mol. The Morgan fingerprint density at radius 2 is 1.20 bits per heavy atom. The number of ether oxygens (including phenoxy) is 4. The monoisotopic (exact) mass is 958 g/mol. The van der Waals surface area contributed by atoms with Crippen LogP contribution in [0.3, 0.4) is 0 Å². The molecule has 324 valence electrons. The normalized spacial score (nSPS) is 15.8. The lowest BCUT2D eigenvalue weighted by Gasteiger charge is -2.14. The zero-order valence-corrected chi connectivity index (χ0v) is 37.5. The molecule has 2 atom stereocenters. The number of amides is 1. The minimum absolute atomic E-state index is 0. The summed E-state index contributed by atoms with van der Waals surface area (Å²) in [5.74, 6) is -1.50. The summed E-state index contributed by atoms with van der Waals surface area (Å²) in [5.41, 5.74) is 5.66. The van der Waals surface area contributed by atoms with Crippen molar-refractivity contribution in [3.05, 3.63) is 106 Å². The van der Waals surface area contributed by atoms with Crippen LogP contribution in [0, 0.1) is 23.5 Å². The molecule has 12 nitrogen and oxygen atoms in total. The summed E-state index contributed by atoms with van der Waals surface area (Å²) in [7, 11) is -4.33. The molecule has 2 fully saturated rings. The van der Waals surface area contributed by atoms with E-state index >= 15 is 0 Å². The number of carbonyl (C=O) groups excluding carboxylic acids is 2. The molecule has 1 amide bonds. The third kappa shape index (κ3) is 14.4. The summed E-state index contributed by atoms with van der Waals surface area (Å²) in [6.45, 7) is 2.00. The Hall–Kier alpha value is -3.33. The van der Waals surface area contributed by atoms with Gasteiger partial charge in [-0.25, -0.2) is 25.6 Å². The van der Waals surface area contributed by atoms with Crippen molar-refractivity contribution < 1.29 is 54.2 Å². The first kappa shape index (κ1) is 51.8. The maximum Gasteiger partial charge on any atom is 0.259 e. The summed E-state index contributed by atoms with van der Waals surface area (Å²) in [5, 5.41) is 1.50. The highest BCUT2D eigenvalue weighted by atomic mass is 35.5. The Bertz CT molecular complexity index is 2280. The number of benzene rings is 4. The van der Waals surface area contributed by atoms with E-state index in [0.717, 1.165) is 6.42 Å². The van der Waals surface area contributed by atoms with Gasteiger partial charge >= 0.3 is 0 Å². The third-order valence-electron chi connectivity index (χ3n) is 8.66. The first-order valence-electron chi connectivity index (χ1n) is 17.1. The van der Waals surface area contributed by atoms with Gasteiger partial charge in [-0.1, -0.05) is 35.3 Å². The zero-order chi connectivity index (χ0) is 41.9. The highest BCUT2D eigenvalue weighted by Crippen LogP contribution is 2.30. The number of sulfone groups is 2. The number of nitrogens with one attached hydrogen (secondary N) is 1. The van der Waals surface area contributed by atoms with Crippen molar-refractivity contribution in [2.24, 2.45) is 11.8 Å². The van der Waals surface area contributed by atoms with Gasteiger partial charge in [0.05, 0.1) is 81.3 Å². The number of nitrogen functional groups attached to an aromatic ring is 1. The van der Waals surface area contributed by atoms with Crippen molar-refractivity contribution in [1.29, 1.82) is 0 Å². The van der Waals surface area contributed by atoms with Crippen molar-refractivity contribution in [3.8, 4) is 11.5 Å². The van der Waals surface area contributed by atoms with Crippen molar-refractivity contribution in [2.75, 3.05) is 63.2 Å². The number of hydrogen-bond donors (Lipinski definition) is 2. The van der Waals surface area contributed by atoms with Gasteiger partial charge in [0.1, 0.15) is 23.1 Å². The van der Waals surface area contributed by atoms with Crippen LogP contribution >= 0.6 is 61.8 Å². The molecule has 3 N–H and O–H groups in total. The van der Waals surface area contributed by atoms with Crippen LogP contribution in [0.15, 0.2) is 82.6 Å². The fourth-order valence-corrected chi connectivity index (χ4v) is 9.39. The standard InChI is InChI=1S/C19H19ClFNO5S.C13H15ClO5S.C6H5ClFN.2H2S/c1-26-17-6-5-13(28(24,25)11-12-7-8-27-10-12)9-14(17)19(23)22-16-4-2-3-15(21)18(16)20;1-18-12-3-2-10(6-11(12)13(14)15)20(16,17)8-9-4-5-19-7-9;7-6-4(8)2-1-3-5(6)9;;/h2-6,9,12H,7-8,10-11H2,1H3,(H,22,23);2-3,6,9H,4-5,7-8H2,1H3;1-3H,9H2;2*1H2/t12-;9-;;;/m00.../s1. The van der Waals surface area contributed by atoms with Gasteiger partial charge in [0.25, 0.3) is 11.1 Å². The highest BCUT2D eigenvalue weighted by Gasteiger charge is 2.28. The molecule has 0 spiro atoms. The number of anilines is 2. The second-order valence-electron chi connectivity index (χ2n) is 12.7. The second-order valence-corrected chi connectivity index (χ2v) is 17.9. The van der Waals surface area contributed by atoms with Crippen molar-refractivity contribution in [1.82, 2.24) is 0 Å². The lowest BCUT2D eigenvalue weighted by Crippen LogP contribution is -2.18. The molecule has 4 aromatic rings. The Kier molecular flexibility index (Phi) is 20.7. The van der Waals surface area contributed by atoms with Crippen LogP contribution < -0.4 is 20.5 Å². The van der Waals surface area contributed by atoms with Gasteiger partial charge in [-0.15, -0.1) is 0 Å². The lowest BCUT2D eigenvalue weighted by molar-refractivity contribution is 0.102. The Morgan fingerprint density at radius 3 is 1.63 bits per heavy atom. The topological polar surface area (TPSA) is 177 Å². The van der Waals surface area contributed by atoms with Gasteiger partial charge in [0, 0.05) is 13.2 Å². The van der Waals surface area contributed by atoms with E-state index in [9.17, 15) is 35.2 Å². The van der Waals surface area contributed by atoms with Gasteiger partial charge in [0.2, 0.25) is 0 Å². The summed E-state index contributed by atoms with van der Waals surface area (Å²) >= 11 is 16.7. The van der Waals surface area contributed by atoms with E-state index in [1.54, 1.807) is 6.07 Å². The molecular weight excluding hydrogens is 917 g/mol. The van der Waals surface area contributed by atoms with E-state index in [1.165, 1.54) is 80.9 Å². The maximum absolute atomic E-state index is 13.6. The van der Waals surface area contributed by atoms with E-state index in [4.69, 9.17) is 59.5 Å². The molecule has 0 aromatic heterocycles. The first-order valence-corrected chi connectivity index (χ1v) is 21.5. The van der Waals surface area contributed by atoms with Crippen LogP contribution in [-0.2, 0) is 29.1 Å². The van der Waals surface area contributed by atoms with Crippen molar-refractivity contribution in [3.63, 3.8) is 0 Å². The Morgan fingerprint density at radius 1 is 0.746 bits per heavy atom. The maximum atomic E-state index is 13.6. The Balaban J connectivity index is 0.000000337. The zero-order valence-electron chi connectivity index (χ0n) is 31.6. The minimum Gasteiger partial charge on any atom is -0.496 e. The van der Waals surface area contributed by atoms with Crippen molar-refractivity contribution >= 4 is 104 Å². The van der Waals surface area contributed by atoms with Gasteiger partial charge < -0.3 is 30.0 Å². The van der Waals surface area contributed by atoms with Gasteiger partial charge in [-0.05, 0) is 96.9 Å². The first-order chi connectivity index (χ1) is 27.0. The van der Waals surface area contributed by atoms with Gasteiger partial charge in [-0.3, -0.25) is 9.59 Å². The molecule has 4 aromatic carbocycles. The minimum atomic E-state index is -3.61. The molecule has 0 radical (unpaired) electrons. The lowest BCUT2D eigenvalue weighted by atomic mass is 10.1. The fraction of sp³-hybridized carbons (Fsp3) is 0.316. The molecule has 6 rings (SSSR count). The van der Waals surface area contributed by atoms with Gasteiger partial charge in [0.15, 0.2) is 19.7 Å². The van der Waals surface area contributed by atoms with Crippen molar-refractivity contribution in [2.45, 2.75) is 22.6 Å². The van der Waals surface area contributed by atoms with Crippen LogP contribution in [0.25, 0.3) is 0 Å². The molecule has 2 aliphatic rings. The van der Waals surface area contributed by atoms with E-state index in [-0.39, 0.29) is 104 Å². The number of hydrogen-bond acceptors (Lipinski definition) is 11. The molecule has 2 saturated heterocycles. The SMILES string of the molecule is COc1ccc(S(=O)(=O)C[C@H]2CCOC2)cc1C(=O)Cl.COc1ccc(S(=O)(=O)C[C@H]2CCOC2)cc1C(=O)Nc1cccc(F)c1Cl.Nc1cccc(F)c1Cl.S.S. The largest absolute Gasteiger partial charge is 0.496 e. The molecule has 2 aliphatic heterocycles. The van der Waals surface area contributed by atoms with E-state index in [1.807, 2.05) is 0 Å². The number of carbonyl (C=O) groups is 2. The molecule has 59 heavy (non-hydrogen) atoms. The quantitative estimate of drug-likeness (QED) is 0.111. The summed E-state index contributed by atoms with van der Waals surface area (Å²) in [6.07, 6.45) is 1.41. The van der Waals surface area contributed by atoms with Gasteiger partial charge in [-0.2, -0.15) is 27.0 Å². The van der Waals surface area contributed by atoms with Crippen LogP contribution in [0.4, 0.5) is 20.2 Å². The average Bonchev–Trinajstić information content (AvgIpc) is 3.90. The smallest absolute Gasteiger partial charge is 0.259 e. The van der Waals surface area contributed by atoms with E-state index < -0.39 is 42.5 Å². The molecule has 0 saturated carbocycles. The number of nitrogens with two attached hydrogens (primary N) is 1. The Labute approximate surface area is 370 Å². The number of methoxy groups -OCH3 is 2. The van der Waals surface area contributed by atoms with E-state index in [2.05, 4.69) is 5.32 Å². The predicted molar refractivity (Wildman–Crippen MR) is 234 cm³/mol. The number of rotatable bonds is 11.